The molecule has 1 amide bonds. The molecule has 0 aliphatic carbocycles. The van der Waals surface area contributed by atoms with Gasteiger partial charge in [-0.2, -0.15) is 0 Å². The predicted molar refractivity (Wildman–Crippen MR) is 124 cm³/mol. The van der Waals surface area contributed by atoms with Gasteiger partial charge in [-0.3, -0.25) is 9.69 Å². The minimum absolute atomic E-state index is 0.0442. The van der Waals surface area contributed by atoms with Crippen LogP contribution in [0.1, 0.15) is 37.6 Å². The summed E-state index contributed by atoms with van der Waals surface area (Å²) in [5.74, 6) is 1.20. The molecule has 2 heterocycles. The van der Waals surface area contributed by atoms with E-state index in [2.05, 4.69) is 29.4 Å². The fourth-order valence-electron chi connectivity index (χ4n) is 2.62. The summed E-state index contributed by atoms with van der Waals surface area (Å²) in [6, 6.07) is 5.98. The molecule has 3 rings (SSSR count). The number of thioether (sulfide) groups is 1. The van der Waals surface area contributed by atoms with Crippen LogP contribution in [0.5, 0.6) is 0 Å². The van der Waals surface area contributed by atoms with Gasteiger partial charge < -0.3 is 5.32 Å². The number of hydrogen-bond acceptors (Lipinski definition) is 8. The molecule has 1 aromatic carbocycles. The Hall–Kier alpha value is -1.97. The van der Waals surface area contributed by atoms with Crippen molar-refractivity contribution in [2.75, 3.05) is 16.8 Å². The summed E-state index contributed by atoms with van der Waals surface area (Å²) >= 11 is 4.65. The molecule has 0 fully saturated rings. The second kappa shape index (κ2) is 9.69. The number of thiazole rings is 1. The van der Waals surface area contributed by atoms with E-state index in [9.17, 15) is 4.79 Å². The monoisotopic (exact) mass is 447 g/mol. The Balaban J connectivity index is 1.69. The minimum atomic E-state index is -0.0442. The lowest BCUT2D eigenvalue weighted by Gasteiger charge is -2.21. The van der Waals surface area contributed by atoms with Crippen molar-refractivity contribution in [1.82, 2.24) is 15.2 Å². The van der Waals surface area contributed by atoms with E-state index in [0.717, 1.165) is 38.5 Å². The maximum Gasteiger partial charge on any atom is 0.230 e. The Morgan fingerprint density at radius 3 is 2.79 bits per heavy atom. The summed E-state index contributed by atoms with van der Waals surface area (Å²) in [5, 5.41) is 15.2. The van der Waals surface area contributed by atoms with E-state index in [4.69, 9.17) is 4.98 Å². The molecule has 0 radical (unpaired) electrons. The van der Waals surface area contributed by atoms with Crippen LogP contribution in [-0.2, 0) is 10.5 Å². The maximum absolute atomic E-state index is 12.4. The highest BCUT2D eigenvalue weighted by atomic mass is 32.2. The van der Waals surface area contributed by atoms with Crippen LogP contribution in [-0.4, -0.2) is 27.6 Å². The molecule has 29 heavy (non-hydrogen) atoms. The first kappa shape index (κ1) is 21.7. The molecule has 0 atom stereocenters. The first-order valence-corrected chi connectivity index (χ1v) is 12.0. The third kappa shape index (κ3) is 5.55. The van der Waals surface area contributed by atoms with E-state index in [1.54, 1.807) is 34.9 Å². The quantitative estimate of drug-likeness (QED) is 0.450. The second-order valence-corrected chi connectivity index (χ2v) is 10.2. The Labute approximate surface area is 183 Å². The molecule has 0 bridgehead atoms. The topological polar surface area (TPSA) is 71.0 Å². The van der Waals surface area contributed by atoms with Crippen LogP contribution in [0.25, 0.3) is 0 Å². The molecule has 0 saturated carbocycles. The number of hydrogen-bond donors (Lipinski definition) is 1. The summed E-state index contributed by atoms with van der Waals surface area (Å²) < 4.78 is 0.906. The number of anilines is 3. The van der Waals surface area contributed by atoms with Crippen molar-refractivity contribution < 1.29 is 4.79 Å². The summed E-state index contributed by atoms with van der Waals surface area (Å²) in [7, 11) is 0. The number of benzene rings is 1. The van der Waals surface area contributed by atoms with E-state index in [1.165, 1.54) is 11.3 Å². The van der Waals surface area contributed by atoms with Crippen LogP contribution in [0.3, 0.4) is 0 Å². The van der Waals surface area contributed by atoms with Gasteiger partial charge >= 0.3 is 0 Å². The number of nitrogens with zero attached hydrogens (tertiary/aromatic N) is 4. The van der Waals surface area contributed by atoms with Crippen molar-refractivity contribution >= 4 is 56.3 Å². The number of carbonyl (C=O) groups excluding carboxylic acids is 1. The molecule has 0 saturated heterocycles. The van der Waals surface area contributed by atoms with E-state index in [1.807, 2.05) is 37.4 Å². The van der Waals surface area contributed by atoms with Gasteiger partial charge in [-0.1, -0.05) is 49.1 Å². The van der Waals surface area contributed by atoms with Crippen LogP contribution < -0.4 is 10.2 Å². The lowest BCUT2D eigenvalue weighted by Crippen LogP contribution is -2.23. The molecule has 0 aliphatic heterocycles. The normalized spacial score (nSPS) is 11.1. The molecule has 1 N–H and O–H groups in total. The van der Waals surface area contributed by atoms with Crippen LogP contribution >= 0.6 is 34.4 Å². The highest BCUT2D eigenvalue weighted by molar-refractivity contribution is 8.00. The van der Waals surface area contributed by atoms with Crippen molar-refractivity contribution in [3.05, 3.63) is 40.4 Å². The number of aryl methyl sites for hydroxylation is 1. The first-order valence-electron chi connectivity index (χ1n) is 9.36. The number of rotatable bonds is 8. The highest BCUT2D eigenvalue weighted by Crippen LogP contribution is 2.34. The van der Waals surface area contributed by atoms with Crippen molar-refractivity contribution in [3.8, 4) is 0 Å². The summed E-state index contributed by atoms with van der Waals surface area (Å²) in [4.78, 5) is 18.8. The minimum Gasteiger partial charge on any atom is -0.360 e. The Morgan fingerprint density at radius 1 is 1.28 bits per heavy atom. The van der Waals surface area contributed by atoms with E-state index < -0.39 is 0 Å². The predicted octanol–water partition coefficient (Wildman–Crippen LogP) is 5.66. The van der Waals surface area contributed by atoms with Crippen molar-refractivity contribution in [2.24, 2.45) is 5.92 Å². The first-order chi connectivity index (χ1) is 13.8. The van der Waals surface area contributed by atoms with Gasteiger partial charge in [-0.05, 0) is 37.0 Å². The van der Waals surface area contributed by atoms with Crippen molar-refractivity contribution in [1.29, 1.82) is 0 Å². The maximum atomic E-state index is 12.4. The fourth-order valence-corrected chi connectivity index (χ4v) is 5.25. The molecule has 0 unspecified atom stereocenters. The van der Waals surface area contributed by atoms with Crippen LogP contribution in [0, 0.1) is 19.8 Å². The van der Waals surface area contributed by atoms with E-state index in [-0.39, 0.29) is 5.91 Å². The standard InChI is InChI=1S/C20H25N5OS3/c1-12(2)9-21-18-23-24-20(29-18)28-11-16-10-27-19(22-16)25(15(5)26)17-8-6-7-13(3)14(17)4/h6-8,10,12H,9,11H2,1-5H3,(H,21,23). The molecule has 154 valence electrons. The van der Waals surface area contributed by atoms with Crippen molar-refractivity contribution in [3.63, 3.8) is 0 Å². The third-order valence-electron chi connectivity index (χ3n) is 4.27. The number of amides is 1. The van der Waals surface area contributed by atoms with Gasteiger partial charge in [-0.25, -0.2) is 4.98 Å². The molecular formula is C20H25N5OS3. The molecule has 2 aromatic heterocycles. The zero-order valence-electron chi connectivity index (χ0n) is 17.2. The van der Waals surface area contributed by atoms with Gasteiger partial charge in [0.1, 0.15) is 0 Å². The fraction of sp³-hybridized carbons (Fsp3) is 0.400. The summed E-state index contributed by atoms with van der Waals surface area (Å²) in [5.41, 5.74) is 4.05. The van der Waals surface area contributed by atoms with Crippen molar-refractivity contribution in [2.45, 2.75) is 44.7 Å². The Morgan fingerprint density at radius 2 is 2.07 bits per heavy atom. The molecule has 0 aliphatic rings. The van der Waals surface area contributed by atoms with Gasteiger partial charge in [0.15, 0.2) is 9.47 Å². The Kier molecular flexibility index (Phi) is 7.26. The van der Waals surface area contributed by atoms with Gasteiger partial charge in [-0.15, -0.1) is 21.5 Å². The van der Waals surface area contributed by atoms with E-state index in [0.29, 0.717) is 16.8 Å². The van der Waals surface area contributed by atoms with E-state index >= 15 is 0 Å². The summed E-state index contributed by atoms with van der Waals surface area (Å²) in [6.45, 7) is 10.9. The molecular weight excluding hydrogens is 422 g/mol. The van der Waals surface area contributed by atoms with Crippen LogP contribution in [0.15, 0.2) is 27.9 Å². The lowest BCUT2D eigenvalue weighted by atomic mass is 10.1. The molecule has 6 nitrogen and oxygen atoms in total. The molecule has 9 heteroatoms. The molecule has 0 spiro atoms. The smallest absolute Gasteiger partial charge is 0.230 e. The molecule has 3 aromatic rings. The van der Waals surface area contributed by atoms with Gasteiger partial charge in [0.05, 0.1) is 11.4 Å². The second-order valence-electron chi connectivity index (χ2n) is 7.13. The number of aromatic nitrogens is 3. The average molecular weight is 448 g/mol. The average Bonchev–Trinajstić information content (AvgIpc) is 3.31. The van der Waals surface area contributed by atoms with Gasteiger partial charge in [0.2, 0.25) is 11.0 Å². The summed E-state index contributed by atoms with van der Waals surface area (Å²) in [6.07, 6.45) is 0. The zero-order chi connectivity index (χ0) is 21.0. The third-order valence-corrected chi connectivity index (χ3v) is 7.20. The Bertz CT molecular complexity index is 982. The number of nitrogens with one attached hydrogen (secondary N) is 1. The van der Waals surface area contributed by atoms with Gasteiger partial charge in [0, 0.05) is 24.6 Å². The highest BCUT2D eigenvalue weighted by Gasteiger charge is 2.20. The zero-order valence-corrected chi connectivity index (χ0v) is 19.7. The SMILES string of the molecule is CC(=O)N(c1nc(CSc2nnc(NCC(C)C)s2)cs1)c1cccc(C)c1C. The van der Waals surface area contributed by atoms with Crippen LogP contribution in [0.2, 0.25) is 0 Å². The number of carbonyl (C=O) groups is 1. The lowest BCUT2D eigenvalue weighted by molar-refractivity contribution is -0.115. The van der Waals surface area contributed by atoms with Gasteiger partial charge in [0.25, 0.3) is 0 Å². The largest absolute Gasteiger partial charge is 0.360 e. The van der Waals surface area contributed by atoms with Crippen LogP contribution in [0.4, 0.5) is 16.0 Å².